The Morgan fingerprint density at radius 2 is 1.79 bits per heavy atom. The van der Waals surface area contributed by atoms with Gasteiger partial charge in [-0.1, -0.05) is 47.0 Å². The number of fused-ring (bicyclic) bond motifs is 1. The van der Waals surface area contributed by atoms with Gasteiger partial charge in [0.15, 0.2) is 8.32 Å². The topological polar surface area (TPSA) is 49.2 Å². The number of aromatic nitrogens is 3. The molecule has 0 fully saturated rings. The van der Waals surface area contributed by atoms with Gasteiger partial charge in [-0.25, -0.2) is 4.68 Å². The zero-order valence-corrected chi connectivity index (χ0v) is 20.9. The van der Waals surface area contributed by atoms with Crippen LogP contribution in [0.5, 0.6) is 0 Å². The molecular weight excluding hydrogens is 382 g/mol. The predicted molar refractivity (Wildman–Crippen MR) is 124 cm³/mol. The molecule has 7 heteroatoms. The predicted octanol–water partition coefficient (Wildman–Crippen LogP) is 5.78. The zero-order valence-electron chi connectivity index (χ0n) is 18.9. The van der Waals surface area contributed by atoms with Crippen LogP contribution in [0, 0.1) is 0 Å². The van der Waals surface area contributed by atoms with Crippen LogP contribution >= 0.6 is 0 Å². The molecule has 0 radical (unpaired) electrons. The fraction of sp³-hybridized carbons (Fsp3) is 0.619. The molecule has 0 saturated carbocycles. The maximum Gasteiger partial charge on any atom is 0.192 e. The molecule has 0 saturated heterocycles. The van der Waals surface area contributed by atoms with Gasteiger partial charge in [0.1, 0.15) is 6.73 Å². The van der Waals surface area contributed by atoms with Crippen LogP contribution in [-0.4, -0.2) is 44.4 Å². The molecule has 0 bridgehead atoms. The van der Waals surface area contributed by atoms with E-state index in [1.165, 1.54) is 0 Å². The Morgan fingerprint density at radius 3 is 2.39 bits per heavy atom. The molecule has 0 N–H and O–H groups in total. The first-order valence-electron chi connectivity index (χ1n) is 10.0. The molecule has 0 spiro atoms. The van der Waals surface area contributed by atoms with Crippen molar-refractivity contribution in [2.24, 2.45) is 0 Å². The van der Waals surface area contributed by atoms with E-state index in [1.807, 2.05) is 23.3 Å². The van der Waals surface area contributed by atoms with E-state index in [0.29, 0.717) is 13.3 Å². The lowest BCUT2D eigenvalue weighted by Gasteiger charge is -2.36. The fourth-order valence-corrected chi connectivity index (χ4v) is 4.21. The smallest absolute Gasteiger partial charge is 0.192 e. The van der Waals surface area contributed by atoms with E-state index in [2.05, 4.69) is 70.2 Å². The minimum Gasteiger partial charge on any atom is -0.413 e. The van der Waals surface area contributed by atoms with Crippen LogP contribution in [0.4, 0.5) is 0 Å². The monoisotopic (exact) mass is 419 g/mol. The molecular formula is C21H37N3O2Si2. The Balaban J connectivity index is 2.14. The summed E-state index contributed by atoms with van der Waals surface area (Å²) in [5.41, 5.74) is 2.95. The van der Waals surface area contributed by atoms with Gasteiger partial charge in [-0.2, -0.15) is 5.10 Å². The van der Waals surface area contributed by atoms with Crippen LogP contribution in [0.2, 0.25) is 43.8 Å². The van der Waals surface area contributed by atoms with E-state index in [4.69, 9.17) is 9.16 Å². The number of pyridine rings is 1. The summed E-state index contributed by atoms with van der Waals surface area (Å²) in [4.78, 5) is 4.38. The van der Waals surface area contributed by atoms with Crippen LogP contribution in [0.25, 0.3) is 16.5 Å². The van der Waals surface area contributed by atoms with E-state index >= 15 is 0 Å². The number of nitrogens with zero attached hydrogens (tertiary/aromatic N) is 3. The fourth-order valence-electron chi connectivity index (χ4n) is 2.49. The van der Waals surface area contributed by atoms with Gasteiger partial charge in [-0.05, 0) is 29.7 Å². The summed E-state index contributed by atoms with van der Waals surface area (Å²) in [5.74, 6) is 0. The van der Waals surface area contributed by atoms with E-state index in [0.717, 1.165) is 34.7 Å². The first kappa shape index (κ1) is 23.0. The first-order chi connectivity index (χ1) is 12.8. The van der Waals surface area contributed by atoms with Gasteiger partial charge in [0.05, 0.1) is 18.3 Å². The van der Waals surface area contributed by atoms with Gasteiger partial charge in [0.2, 0.25) is 0 Å². The lowest BCUT2D eigenvalue weighted by molar-refractivity contribution is 0.0816. The molecule has 0 aliphatic heterocycles. The second-order valence-electron chi connectivity index (χ2n) is 10.3. The molecule has 2 aromatic rings. The highest BCUT2D eigenvalue weighted by atomic mass is 28.4. The van der Waals surface area contributed by atoms with Crippen molar-refractivity contribution >= 4 is 32.9 Å². The van der Waals surface area contributed by atoms with E-state index in [1.54, 1.807) is 0 Å². The molecule has 0 aliphatic carbocycles. The quantitative estimate of drug-likeness (QED) is 0.382. The number of hydrogen-bond donors (Lipinski definition) is 0. The van der Waals surface area contributed by atoms with Crippen LogP contribution < -0.4 is 0 Å². The van der Waals surface area contributed by atoms with Crippen molar-refractivity contribution < 1.29 is 9.16 Å². The summed E-state index contributed by atoms with van der Waals surface area (Å²) in [7, 11) is -2.93. The molecule has 156 valence electrons. The van der Waals surface area contributed by atoms with Crippen LogP contribution in [0.15, 0.2) is 25.2 Å². The van der Waals surface area contributed by atoms with Gasteiger partial charge in [0.25, 0.3) is 0 Å². The number of ether oxygens (including phenoxy) is 1. The van der Waals surface area contributed by atoms with Crippen LogP contribution in [-0.2, 0) is 15.9 Å². The second-order valence-corrected chi connectivity index (χ2v) is 20.7. The van der Waals surface area contributed by atoms with Crippen molar-refractivity contribution in [1.29, 1.82) is 0 Å². The standard InChI is InChI=1S/C21H37N3O2Si2/c1-17(15-26-28(8,9)21(2,3)4)19-14-22-12-18-13-23-24(20(18)19)16-25-10-11-27(5,6)7/h12-14H,1,10-11,15-16H2,2-9H3. The number of hydrogen-bond acceptors (Lipinski definition) is 4. The molecule has 28 heavy (non-hydrogen) atoms. The van der Waals surface area contributed by atoms with Crippen LogP contribution in [0.1, 0.15) is 26.3 Å². The third-order valence-corrected chi connectivity index (χ3v) is 11.7. The second kappa shape index (κ2) is 8.61. The lowest BCUT2D eigenvalue weighted by Crippen LogP contribution is -2.41. The minimum absolute atomic E-state index is 0.170. The maximum atomic E-state index is 6.37. The average molecular weight is 420 g/mol. The minimum atomic E-state index is -1.83. The maximum absolute atomic E-state index is 6.37. The van der Waals surface area contributed by atoms with Crippen molar-refractivity contribution in [3.8, 4) is 0 Å². The summed E-state index contributed by atoms with van der Waals surface area (Å²) in [6.45, 7) is 24.4. The summed E-state index contributed by atoms with van der Waals surface area (Å²) in [6.07, 6.45) is 5.54. The third kappa shape index (κ3) is 5.86. The largest absolute Gasteiger partial charge is 0.413 e. The SMILES string of the molecule is C=C(CO[Si](C)(C)C(C)(C)C)c1cncc2cnn(COCC[Si](C)(C)C)c12. The number of rotatable bonds is 9. The van der Waals surface area contributed by atoms with Gasteiger partial charge in [-0.3, -0.25) is 4.98 Å². The van der Waals surface area contributed by atoms with Crippen molar-refractivity contribution in [3.05, 3.63) is 30.7 Å². The Hall–Kier alpha value is -1.29. The molecule has 0 unspecified atom stereocenters. The molecule has 0 amide bonds. The van der Waals surface area contributed by atoms with Crippen molar-refractivity contribution in [2.75, 3.05) is 13.2 Å². The van der Waals surface area contributed by atoms with Gasteiger partial charge in [0, 0.05) is 38.0 Å². The van der Waals surface area contributed by atoms with E-state index in [-0.39, 0.29) is 5.04 Å². The summed E-state index contributed by atoms with van der Waals surface area (Å²) >= 11 is 0. The highest BCUT2D eigenvalue weighted by molar-refractivity contribution is 6.76. The van der Waals surface area contributed by atoms with E-state index < -0.39 is 16.4 Å². The van der Waals surface area contributed by atoms with Gasteiger partial charge >= 0.3 is 0 Å². The van der Waals surface area contributed by atoms with E-state index in [9.17, 15) is 0 Å². The highest BCUT2D eigenvalue weighted by Gasteiger charge is 2.37. The Labute approximate surface area is 172 Å². The molecule has 5 nitrogen and oxygen atoms in total. The molecule has 0 atom stereocenters. The third-order valence-electron chi connectivity index (χ3n) is 5.54. The Bertz CT molecular complexity index is 817. The van der Waals surface area contributed by atoms with Crippen LogP contribution in [0.3, 0.4) is 0 Å². The molecule has 2 heterocycles. The normalized spacial score (nSPS) is 13.3. The van der Waals surface area contributed by atoms with Gasteiger partial charge in [-0.15, -0.1) is 0 Å². The summed E-state index contributed by atoms with van der Waals surface area (Å²) in [5, 5.41) is 5.68. The van der Waals surface area contributed by atoms with Crippen molar-refractivity contribution in [3.63, 3.8) is 0 Å². The average Bonchev–Trinajstić information content (AvgIpc) is 2.98. The van der Waals surface area contributed by atoms with Gasteiger partial charge < -0.3 is 9.16 Å². The van der Waals surface area contributed by atoms with Crippen molar-refractivity contribution in [1.82, 2.24) is 14.8 Å². The Kier molecular flexibility index (Phi) is 7.07. The summed E-state index contributed by atoms with van der Waals surface area (Å²) in [6, 6.07) is 1.15. The Morgan fingerprint density at radius 1 is 1.11 bits per heavy atom. The molecule has 2 rings (SSSR count). The zero-order chi connectivity index (χ0) is 21.2. The highest BCUT2D eigenvalue weighted by Crippen LogP contribution is 2.37. The summed E-state index contributed by atoms with van der Waals surface area (Å²) < 4.78 is 14.2. The molecule has 0 aromatic carbocycles. The molecule has 2 aromatic heterocycles. The van der Waals surface area contributed by atoms with Crippen molar-refractivity contribution in [2.45, 2.75) is 71.3 Å². The lowest BCUT2D eigenvalue weighted by atomic mass is 10.1. The molecule has 0 aliphatic rings. The first-order valence-corrected chi connectivity index (χ1v) is 16.6.